The van der Waals surface area contributed by atoms with E-state index in [1.807, 2.05) is 36.4 Å². The monoisotopic (exact) mass is 553 g/mol. The Labute approximate surface area is 234 Å². The van der Waals surface area contributed by atoms with Gasteiger partial charge < -0.3 is 9.47 Å². The van der Waals surface area contributed by atoms with Gasteiger partial charge in [0.15, 0.2) is 0 Å². The summed E-state index contributed by atoms with van der Waals surface area (Å²) in [4.78, 5) is 8.50. The summed E-state index contributed by atoms with van der Waals surface area (Å²) >= 11 is 1.68. The number of halogens is 3. The van der Waals surface area contributed by atoms with Gasteiger partial charge in [-0.1, -0.05) is 75.2 Å². The van der Waals surface area contributed by atoms with E-state index in [1.165, 1.54) is 25.0 Å². The SMILES string of the molecule is CCCCN(CCCC)CCCn1c(C(Sc2ccccc2)c2ccccc2)nc2cc(C(F)(F)F)ccc21. The maximum absolute atomic E-state index is 13.6. The summed E-state index contributed by atoms with van der Waals surface area (Å²) in [5.74, 6) is 0.790. The van der Waals surface area contributed by atoms with Crippen molar-refractivity contribution in [3.8, 4) is 0 Å². The molecule has 4 rings (SSSR count). The summed E-state index contributed by atoms with van der Waals surface area (Å²) in [5.41, 5.74) is 1.56. The average molecular weight is 554 g/mol. The van der Waals surface area contributed by atoms with Crippen LogP contribution < -0.4 is 0 Å². The van der Waals surface area contributed by atoms with Crippen molar-refractivity contribution in [1.82, 2.24) is 14.5 Å². The molecule has 39 heavy (non-hydrogen) atoms. The highest BCUT2D eigenvalue weighted by molar-refractivity contribution is 7.99. The molecule has 4 aromatic rings. The molecule has 3 nitrogen and oxygen atoms in total. The van der Waals surface area contributed by atoms with E-state index >= 15 is 0 Å². The van der Waals surface area contributed by atoms with Crippen LogP contribution in [0.2, 0.25) is 0 Å². The molecule has 0 fully saturated rings. The third-order valence-corrected chi connectivity index (χ3v) is 8.21. The van der Waals surface area contributed by atoms with Crippen molar-refractivity contribution < 1.29 is 13.2 Å². The summed E-state index contributed by atoms with van der Waals surface area (Å²) in [6.45, 7) is 8.25. The standard InChI is InChI=1S/C32H38F3N3S/c1-3-5-20-37(21-6-4-2)22-13-23-38-29-19-18-26(32(33,34)35)24-28(29)36-31(38)30(25-14-9-7-10-15-25)39-27-16-11-8-12-17-27/h7-12,14-19,24,30H,3-6,13,20-23H2,1-2H3. The maximum atomic E-state index is 13.6. The first-order valence-corrected chi connectivity index (χ1v) is 14.8. The van der Waals surface area contributed by atoms with Crippen molar-refractivity contribution in [2.24, 2.45) is 0 Å². The van der Waals surface area contributed by atoms with E-state index < -0.39 is 11.7 Å². The Bertz CT molecular complexity index is 1280. The lowest BCUT2D eigenvalue weighted by Gasteiger charge is -2.23. The van der Waals surface area contributed by atoms with Gasteiger partial charge in [0.2, 0.25) is 0 Å². The fourth-order valence-corrected chi connectivity index (χ4v) is 6.01. The third kappa shape index (κ3) is 7.89. The lowest BCUT2D eigenvalue weighted by molar-refractivity contribution is -0.137. The molecule has 1 aromatic heterocycles. The van der Waals surface area contributed by atoms with Crippen LogP contribution in [0.5, 0.6) is 0 Å². The molecule has 0 bridgehead atoms. The third-order valence-electron chi connectivity index (χ3n) is 6.95. The zero-order chi connectivity index (χ0) is 27.7. The lowest BCUT2D eigenvalue weighted by atomic mass is 10.1. The van der Waals surface area contributed by atoms with E-state index in [9.17, 15) is 13.2 Å². The first kappa shape index (κ1) is 29.2. The quantitative estimate of drug-likeness (QED) is 0.145. The number of alkyl halides is 3. The van der Waals surface area contributed by atoms with E-state index in [0.29, 0.717) is 12.1 Å². The number of imidazole rings is 1. The van der Waals surface area contributed by atoms with E-state index in [4.69, 9.17) is 4.98 Å². The molecule has 208 valence electrons. The van der Waals surface area contributed by atoms with Gasteiger partial charge in [0, 0.05) is 11.4 Å². The molecule has 0 N–H and O–H groups in total. The lowest BCUT2D eigenvalue weighted by Crippen LogP contribution is -2.28. The van der Waals surface area contributed by atoms with E-state index in [-0.39, 0.29) is 5.25 Å². The second-order valence-electron chi connectivity index (χ2n) is 9.95. The van der Waals surface area contributed by atoms with Gasteiger partial charge in [0.25, 0.3) is 0 Å². The zero-order valence-corrected chi connectivity index (χ0v) is 23.6. The minimum atomic E-state index is -4.41. The Morgan fingerprint density at radius 3 is 2.05 bits per heavy atom. The van der Waals surface area contributed by atoms with Crippen molar-refractivity contribution >= 4 is 22.8 Å². The Morgan fingerprint density at radius 1 is 0.821 bits per heavy atom. The van der Waals surface area contributed by atoms with Crippen molar-refractivity contribution in [2.75, 3.05) is 19.6 Å². The van der Waals surface area contributed by atoms with Gasteiger partial charge in [-0.05, 0) is 74.8 Å². The van der Waals surface area contributed by atoms with Gasteiger partial charge in [0.05, 0.1) is 21.8 Å². The van der Waals surface area contributed by atoms with Crippen LogP contribution in [0.1, 0.15) is 68.2 Å². The Morgan fingerprint density at radius 2 is 1.44 bits per heavy atom. The number of aromatic nitrogens is 2. The van der Waals surface area contributed by atoms with Gasteiger partial charge in [-0.3, -0.25) is 0 Å². The van der Waals surface area contributed by atoms with Crippen molar-refractivity contribution in [3.05, 3.63) is 95.8 Å². The molecule has 0 saturated heterocycles. The number of thioether (sulfide) groups is 1. The molecule has 0 aliphatic carbocycles. The van der Waals surface area contributed by atoms with Crippen LogP contribution in [-0.4, -0.2) is 34.1 Å². The van der Waals surface area contributed by atoms with Crippen LogP contribution in [0.3, 0.4) is 0 Å². The van der Waals surface area contributed by atoms with Crippen molar-refractivity contribution in [1.29, 1.82) is 0 Å². The van der Waals surface area contributed by atoms with E-state index in [1.54, 1.807) is 17.8 Å². The van der Waals surface area contributed by atoms with E-state index in [2.05, 4.69) is 47.6 Å². The summed E-state index contributed by atoms with van der Waals surface area (Å²) in [6, 6.07) is 24.2. The normalized spacial score (nSPS) is 12.9. The summed E-state index contributed by atoms with van der Waals surface area (Å²) in [6.07, 6.45) is 1.17. The Balaban J connectivity index is 1.72. The Kier molecular flexibility index (Phi) is 10.5. The predicted octanol–water partition coefficient (Wildman–Crippen LogP) is 9.23. The van der Waals surface area contributed by atoms with Crippen LogP contribution in [-0.2, 0) is 12.7 Å². The minimum absolute atomic E-state index is 0.161. The summed E-state index contributed by atoms with van der Waals surface area (Å²) in [5, 5.41) is -0.161. The molecule has 1 heterocycles. The maximum Gasteiger partial charge on any atom is 0.416 e. The predicted molar refractivity (Wildman–Crippen MR) is 156 cm³/mol. The van der Waals surface area contributed by atoms with Crippen molar-refractivity contribution in [2.45, 2.75) is 68.8 Å². The largest absolute Gasteiger partial charge is 0.416 e. The first-order chi connectivity index (χ1) is 18.9. The van der Waals surface area contributed by atoms with Gasteiger partial charge in [-0.15, -0.1) is 11.8 Å². The molecule has 1 atom stereocenters. The second kappa shape index (κ2) is 14.0. The average Bonchev–Trinajstić information content (AvgIpc) is 3.31. The molecule has 0 aliphatic rings. The van der Waals surface area contributed by atoms with Crippen molar-refractivity contribution in [3.63, 3.8) is 0 Å². The number of hydrogen-bond donors (Lipinski definition) is 0. The fraction of sp³-hybridized carbons (Fsp3) is 0.406. The van der Waals surface area contributed by atoms with Gasteiger partial charge >= 0.3 is 6.18 Å². The zero-order valence-electron chi connectivity index (χ0n) is 22.8. The number of fused-ring (bicyclic) bond motifs is 1. The molecule has 0 amide bonds. The summed E-state index contributed by atoms with van der Waals surface area (Å²) < 4.78 is 42.9. The minimum Gasteiger partial charge on any atom is -0.327 e. The van der Waals surface area contributed by atoms with Gasteiger partial charge in [-0.25, -0.2) is 4.98 Å². The molecular formula is C32H38F3N3S. The molecule has 0 radical (unpaired) electrons. The second-order valence-corrected chi connectivity index (χ2v) is 11.1. The molecule has 0 aliphatic heterocycles. The van der Waals surface area contributed by atoms with Crippen LogP contribution in [0.4, 0.5) is 13.2 Å². The number of nitrogens with zero attached hydrogens (tertiary/aromatic N) is 3. The van der Waals surface area contributed by atoms with Crippen LogP contribution in [0.25, 0.3) is 11.0 Å². The number of hydrogen-bond acceptors (Lipinski definition) is 3. The topological polar surface area (TPSA) is 21.1 Å². The van der Waals surface area contributed by atoms with E-state index in [0.717, 1.165) is 60.7 Å². The molecule has 7 heteroatoms. The number of aryl methyl sites for hydroxylation is 1. The van der Waals surface area contributed by atoms with Gasteiger partial charge in [-0.2, -0.15) is 13.2 Å². The summed E-state index contributed by atoms with van der Waals surface area (Å²) in [7, 11) is 0. The smallest absolute Gasteiger partial charge is 0.327 e. The molecular weight excluding hydrogens is 515 g/mol. The van der Waals surface area contributed by atoms with Crippen LogP contribution in [0.15, 0.2) is 83.8 Å². The highest BCUT2D eigenvalue weighted by atomic mass is 32.2. The van der Waals surface area contributed by atoms with Crippen LogP contribution >= 0.6 is 11.8 Å². The van der Waals surface area contributed by atoms with Gasteiger partial charge in [0.1, 0.15) is 5.82 Å². The van der Waals surface area contributed by atoms with Crippen LogP contribution in [0, 0.1) is 0 Å². The fourth-order valence-electron chi connectivity index (χ4n) is 4.84. The molecule has 3 aromatic carbocycles. The highest BCUT2D eigenvalue weighted by Gasteiger charge is 2.32. The number of rotatable bonds is 14. The number of benzene rings is 3. The number of unbranched alkanes of at least 4 members (excludes halogenated alkanes) is 2. The molecule has 1 unspecified atom stereocenters. The Hall–Kier alpha value is -2.77. The first-order valence-electron chi connectivity index (χ1n) is 14.0. The molecule has 0 saturated carbocycles. The molecule has 0 spiro atoms. The highest BCUT2D eigenvalue weighted by Crippen LogP contribution is 2.41.